The van der Waals surface area contributed by atoms with Gasteiger partial charge in [0.05, 0.1) is 23.1 Å². The number of halogens is 1. The van der Waals surface area contributed by atoms with Crippen molar-refractivity contribution in [2.45, 2.75) is 13.8 Å². The highest BCUT2D eigenvalue weighted by Gasteiger charge is 2.14. The van der Waals surface area contributed by atoms with E-state index in [2.05, 4.69) is 31.7 Å². The van der Waals surface area contributed by atoms with E-state index in [-0.39, 0.29) is 11.8 Å². The van der Waals surface area contributed by atoms with Crippen LogP contribution in [-0.4, -0.2) is 34.7 Å². The average Bonchev–Trinajstić information content (AvgIpc) is 2.86. The molecule has 1 aromatic carbocycles. The van der Waals surface area contributed by atoms with Crippen LogP contribution in [0.1, 0.15) is 23.0 Å². The van der Waals surface area contributed by atoms with Crippen molar-refractivity contribution in [2.75, 3.05) is 13.1 Å². The van der Waals surface area contributed by atoms with Crippen molar-refractivity contribution in [3.8, 4) is 5.69 Å². The number of carbonyl (C=O) groups is 2. The number of benzene rings is 1. The SMILES string of the molecule is CC(=O)NCCNC(=O)c1cnn(-c2ccc(Br)cc2)c1C. The minimum atomic E-state index is -0.203. The number of nitrogens with one attached hydrogen (secondary N) is 2. The number of hydrogen-bond acceptors (Lipinski definition) is 3. The molecule has 0 saturated heterocycles. The standard InChI is InChI=1S/C15H17BrN4O2/c1-10-14(15(22)18-8-7-17-11(2)21)9-19-20(10)13-5-3-12(16)4-6-13/h3-6,9H,7-8H2,1-2H3,(H,17,21)(H,18,22). The second-order valence-corrected chi connectivity index (χ2v) is 5.69. The first-order valence-corrected chi connectivity index (χ1v) is 7.61. The lowest BCUT2D eigenvalue weighted by atomic mass is 10.2. The van der Waals surface area contributed by atoms with Gasteiger partial charge in [-0.05, 0) is 31.2 Å². The fraction of sp³-hybridized carbons (Fsp3) is 0.267. The third kappa shape index (κ3) is 3.94. The van der Waals surface area contributed by atoms with Gasteiger partial charge in [0.2, 0.25) is 5.91 Å². The molecular formula is C15H17BrN4O2. The van der Waals surface area contributed by atoms with E-state index in [4.69, 9.17) is 0 Å². The Bertz CT molecular complexity index is 679. The average molecular weight is 365 g/mol. The fourth-order valence-electron chi connectivity index (χ4n) is 1.98. The molecule has 0 radical (unpaired) electrons. The minimum Gasteiger partial charge on any atom is -0.355 e. The summed E-state index contributed by atoms with van der Waals surface area (Å²) in [5.41, 5.74) is 2.17. The molecule has 0 spiro atoms. The fourth-order valence-corrected chi connectivity index (χ4v) is 2.25. The summed E-state index contributed by atoms with van der Waals surface area (Å²) in [5, 5.41) is 9.64. The molecule has 1 heterocycles. The van der Waals surface area contributed by atoms with Crippen LogP contribution in [0.15, 0.2) is 34.9 Å². The highest BCUT2D eigenvalue weighted by molar-refractivity contribution is 9.10. The summed E-state index contributed by atoms with van der Waals surface area (Å²) in [7, 11) is 0. The van der Waals surface area contributed by atoms with Crippen molar-refractivity contribution in [3.05, 3.63) is 46.2 Å². The van der Waals surface area contributed by atoms with Gasteiger partial charge >= 0.3 is 0 Å². The Morgan fingerprint density at radius 3 is 2.45 bits per heavy atom. The Morgan fingerprint density at radius 2 is 1.82 bits per heavy atom. The van der Waals surface area contributed by atoms with Crippen LogP contribution in [0.2, 0.25) is 0 Å². The van der Waals surface area contributed by atoms with Crippen molar-refractivity contribution >= 4 is 27.7 Å². The first-order chi connectivity index (χ1) is 10.5. The van der Waals surface area contributed by atoms with Crippen molar-refractivity contribution < 1.29 is 9.59 Å². The van der Waals surface area contributed by atoms with Crippen LogP contribution in [0, 0.1) is 6.92 Å². The molecule has 6 nitrogen and oxygen atoms in total. The Kier molecular flexibility index (Phi) is 5.32. The number of hydrogen-bond donors (Lipinski definition) is 2. The second kappa shape index (κ2) is 7.22. The van der Waals surface area contributed by atoms with Gasteiger partial charge < -0.3 is 10.6 Å². The molecule has 2 rings (SSSR count). The van der Waals surface area contributed by atoms with Gasteiger partial charge in [-0.1, -0.05) is 15.9 Å². The number of carbonyl (C=O) groups excluding carboxylic acids is 2. The number of rotatable bonds is 5. The van der Waals surface area contributed by atoms with E-state index < -0.39 is 0 Å². The highest BCUT2D eigenvalue weighted by Crippen LogP contribution is 2.17. The molecule has 0 unspecified atom stereocenters. The van der Waals surface area contributed by atoms with Gasteiger partial charge in [-0.25, -0.2) is 4.68 Å². The Labute approximate surface area is 137 Å². The molecule has 0 aliphatic carbocycles. The van der Waals surface area contributed by atoms with Crippen molar-refractivity contribution in [2.24, 2.45) is 0 Å². The smallest absolute Gasteiger partial charge is 0.254 e. The Balaban J connectivity index is 2.05. The molecule has 7 heteroatoms. The molecular weight excluding hydrogens is 348 g/mol. The van der Waals surface area contributed by atoms with Gasteiger partial charge in [0.1, 0.15) is 0 Å². The lowest BCUT2D eigenvalue weighted by molar-refractivity contribution is -0.118. The molecule has 22 heavy (non-hydrogen) atoms. The maximum Gasteiger partial charge on any atom is 0.254 e. The molecule has 1 aromatic heterocycles. The van der Waals surface area contributed by atoms with E-state index in [1.54, 1.807) is 10.9 Å². The monoisotopic (exact) mass is 364 g/mol. The van der Waals surface area contributed by atoms with Gasteiger partial charge in [-0.3, -0.25) is 9.59 Å². The molecule has 0 fully saturated rings. The number of amides is 2. The van der Waals surface area contributed by atoms with E-state index >= 15 is 0 Å². The van der Waals surface area contributed by atoms with Gasteiger partial charge in [-0.2, -0.15) is 5.10 Å². The molecule has 116 valence electrons. The first-order valence-electron chi connectivity index (χ1n) is 6.82. The zero-order chi connectivity index (χ0) is 16.1. The van der Waals surface area contributed by atoms with E-state index in [0.29, 0.717) is 18.7 Å². The summed E-state index contributed by atoms with van der Waals surface area (Å²) in [5.74, 6) is -0.320. The third-order valence-corrected chi connectivity index (χ3v) is 3.64. The Hall–Kier alpha value is -2.15. The normalized spacial score (nSPS) is 10.3. The van der Waals surface area contributed by atoms with E-state index in [1.165, 1.54) is 6.92 Å². The first kappa shape index (κ1) is 16.2. The van der Waals surface area contributed by atoms with Crippen LogP contribution in [0.4, 0.5) is 0 Å². The van der Waals surface area contributed by atoms with Crippen LogP contribution in [0.25, 0.3) is 5.69 Å². The van der Waals surface area contributed by atoms with Crippen LogP contribution < -0.4 is 10.6 Å². The predicted octanol–water partition coefficient (Wildman–Crippen LogP) is 1.81. The van der Waals surface area contributed by atoms with Crippen LogP contribution in [0.5, 0.6) is 0 Å². The van der Waals surface area contributed by atoms with Gasteiger partial charge in [0.25, 0.3) is 5.91 Å². The zero-order valence-electron chi connectivity index (χ0n) is 12.4. The molecule has 0 saturated carbocycles. The van der Waals surface area contributed by atoms with E-state index in [9.17, 15) is 9.59 Å². The van der Waals surface area contributed by atoms with Crippen molar-refractivity contribution in [3.63, 3.8) is 0 Å². The largest absolute Gasteiger partial charge is 0.355 e. The second-order valence-electron chi connectivity index (χ2n) is 4.77. The zero-order valence-corrected chi connectivity index (χ0v) is 14.0. The summed E-state index contributed by atoms with van der Waals surface area (Å²) < 4.78 is 2.70. The van der Waals surface area contributed by atoms with Crippen molar-refractivity contribution in [1.29, 1.82) is 0 Å². The quantitative estimate of drug-likeness (QED) is 0.794. The molecule has 2 N–H and O–H groups in total. The predicted molar refractivity (Wildman–Crippen MR) is 87.0 cm³/mol. The molecule has 0 bridgehead atoms. The Morgan fingerprint density at radius 1 is 1.18 bits per heavy atom. The lowest BCUT2D eigenvalue weighted by Gasteiger charge is -2.07. The van der Waals surface area contributed by atoms with Gasteiger partial charge in [-0.15, -0.1) is 0 Å². The molecule has 0 aliphatic heterocycles. The number of aromatic nitrogens is 2. The molecule has 2 amide bonds. The van der Waals surface area contributed by atoms with Crippen LogP contribution in [0.3, 0.4) is 0 Å². The maximum absolute atomic E-state index is 12.1. The van der Waals surface area contributed by atoms with Crippen molar-refractivity contribution in [1.82, 2.24) is 20.4 Å². The summed E-state index contributed by atoms with van der Waals surface area (Å²) in [6.45, 7) is 4.06. The summed E-state index contributed by atoms with van der Waals surface area (Å²) >= 11 is 3.39. The van der Waals surface area contributed by atoms with Gasteiger partial charge in [0.15, 0.2) is 0 Å². The number of nitrogens with zero attached hydrogens (tertiary/aromatic N) is 2. The van der Waals surface area contributed by atoms with Crippen LogP contribution in [-0.2, 0) is 4.79 Å². The minimum absolute atomic E-state index is 0.117. The third-order valence-electron chi connectivity index (χ3n) is 3.11. The van der Waals surface area contributed by atoms with E-state index in [1.807, 2.05) is 31.2 Å². The van der Waals surface area contributed by atoms with Gasteiger partial charge in [0, 0.05) is 24.5 Å². The summed E-state index contributed by atoms with van der Waals surface area (Å²) in [6, 6.07) is 7.68. The lowest BCUT2D eigenvalue weighted by Crippen LogP contribution is -2.33. The van der Waals surface area contributed by atoms with Crippen LogP contribution >= 0.6 is 15.9 Å². The molecule has 0 atom stereocenters. The summed E-state index contributed by atoms with van der Waals surface area (Å²) in [4.78, 5) is 22.9. The molecule has 0 aliphatic rings. The topological polar surface area (TPSA) is 76.0 Å². The molecule has 2 aromatic rings. The van der Waals surface area contributed by atoms with E-state index in [0.717, 1.165) is 15.9 Å². The maximum atomic E-state index is 12.1. The highest BCUT2D eigenvalue weighted by atomic mass is 79.9. The summed E-state index contributed by atoms with van der Waals surface area (Å²) in [6.07, 6.45) is 1.55.